The topological polar surface area (TPSA) is 166 Å². The number of carbonyl (C=O) groups is 1. The molecule has 0 aliphatic carbocycles. The van der Waals surface area contributed by atoms with Gasteiger partial charge in [0.1, 0.15) is 23.4 Å². The van der Waals surface area contributed by atoms with Crippen molar-refractivity contribution >= 4 is 28.2 Å². The summed E-state index contributed by atoms with van der Waals surface area (Å²) in [7, 11) is 1.69. The molecule has 13 nitrogen and oxygen atoms in total. The third kappa shape index (κ3) is 3.66. The highest BCUT2D eigenvalue weighted by atomic mass is 16.5. The second-order valence-corrected chi connectivity index (χ2v) is 8.68. The molecule has 0 bridgehead atoms. The summed E-state index contributed by atoms with van der Waals surface area (Å²) in [5.74, 6) is 1.23. The number of nitrogens with one attached hydrogen (secondary N) is 2. The Morgan fingerprint density at radius 3 is 2.82 bits per heavy atom. The quantitative estimate of drug-likeness (QED) is 0.415. The SMILES string of the molecule is C[C@@H](NC(=O)c1ncnc2c1nnn2C)c1cc(-c2nc3cnc(C(C)(C)C)nc3[nH]2)no1. The van der Waals surface area contributed by atoms with Gasteiger partial charge in [-0.1, -0.05) is 31.1 Å². The number of imidazole rings is 1. The van der Waals surface area contributed by atoms with Gasteiger partial charge >= 0.3 is 0 Å². The number of fused-ring (bicyclic) bond motifs is 2. The van der Waals surface area contributed by atoms with E-state index in [4.69, 9.17) is 4.52 Å². The van der Waals surface area contributed by atoms with Gasteiger partial charge in [0.15, 0.2) is 34.1 Å². The van der Waals surface area contributed by atoms with E-state index >= 15 is 0 Å². The van der Waals surface area contributed by atoms with E-state index in [9.17, 15) is 4.79 Å². The van der Waals surface area contributed by atoms with E-state index in [-0.39, 0.29) is 11.1 Å². The highest BCUT2D eigenvalue weighted by molar-refractivity contribution is 6.01. The monoisotopic (exact) mass is 447 g/mol. The predicted molar refractivity (Wildman–Crippen MR) is 116 cm³/mol. The molecular weight excluding hydrogens is 426 g/mol. The average Bonchev–Trinajstić information content (AvgIpc) is 3.50. The van der Waals surface area contributed by atoms with E-state index in [1.54, 1.807) is 26.2 Å². The summed E-state index contributed by atoms with van der Waals surface area (Å²) in [6, 6.07) is 1.22. The van der Waals surface area contributed by atoms with E-state index < -0.39 is 11.9 Å². The summed E-state index contributed by atoms with van der Waals surface area (Å²) in [5.41, 5.74) is 2.46. The minimum atomic E-state index is -0.489. The molecule has 5 aromatic heterocycles. The molecule has 5 aromatic rings. The van der Waals surface area contributed by atoms with Gasteiger partial charge in [-0.15, -0.1) is 5.10 Å². The Labute approximate surface area is 187 Å². The molecule has 1 amide bonds. The van der Waals surface area contributed by atoms with Crippen LogP contribution in [-0.4, -0.2) is 56.0 Å². The molecular formula is C20H21N11O2. The van der Waals surface area contributed by atoms with Crippen LogP contribution in [0.15, 0.2) is 23.1 Å². The van der Waals surface area contributed by atoms with Gasteiger partial charge in [0.25, 0.3) is 5.91 Å². The number of H-pyrrole nitrogens is 1. The van der Waals surface area contributed by atoms with Crippen LogP contribution in [0.1, 0.15) is 55.8 Å². The van der Waals surface area contributed by atoms with Crippen molar-refractivity contribution in [1.29, 1.82) is 0 Å². The van der Waals surface area contributed by atoms with Crippen molar-refractivity contribution < 1.29 is 9.32 Å². The normalized spacial score (nSPS) is 13.0. The maximum atomic E-state index is 12.8. The fraction of sp³-hybridized carbons (Fsp3) is 0.350. The number of hydrogen-bond acceptors (Lipinski definition) is 10. The van der Waals surface area contributed by atoms with Crippen molar-refractivity contribution in [2.75, 3.05) is 0 Å². The highest BCUT2D eigenvalue weighted by Gasteiger charge is 2.23. The van der Waals surface area contributed by atoms with Crippen LogP contribution < -0.4 is 5.32 Å². The number of rotatable bonds is 4. The standard InChI is InChI=1S/C20H21N11O2/c1-9(24-18(32)14-13-17(23-8-22-14)31(5)30-28-13)12-6-10(29-33-12)15-25-11-7-21-19(20(2,3)4)27-16(11)26-15/h6-9H,1-5H3,(H,24,32)(H,21,25,26,27)/t9-/m1/s1. The van der Waals surface area contributed by atoms with Crippen molar-refractivity contribution in [3.05, 3.63) is 35.9 Å². The third-order valence-corrected chi connectivity index (χ3v) is 5.06. The molecule has 0 saturated heterocycles. The molecule has 5 rings (SSSR count). The lowest BCUT2D eigenvalue weighted by molar-refractivity contribution is 0.0930. The van der Waals surface area contributed by atoms with Crippen LogP contribution in [0.25, 0.3) is 33.8 Å². The van der Waals surface area contributed by atoms with Gasteiger partial charge in [-0.05, 0) is 6.92 Å². The van der Waals surface area contributed by atoms with E-state index in [1.807, 2.05) is 20.8 Å². The van der Waals surface area contributed by atoms with Gasteiger partial charge in [0, 0.05) is 18.5 Å². The van der Waals surface area contributed by atoms with Gasteiger partial charge in [-0.2, -0.15) is 0 Å². The Morgan fingerprint density at radius 1 is 1.21 bits per heavy atom. The van der Waals surface area contributed by atoms with Gasteiger partial charge < -0.3 is 14.8 Å². The molecule has 0 aliphatic heterocycles. The lowest BCUT2D eigenvalue weighted by Crippen LogP contribution is -2.27. The van der Waals surface area contributed by atoms with Crippen molar-refractivity contribution in [2.45, 2.75) is 39.2 Å². The molecule has 1 atom stereocenters. The summed E-state index contributed by atoms with van der Waals surface area (Å²) < 4.78 is 6.93. The first kappa shape index (κ1) is 20.6. The summed E-state index contributed by atoms with van der Waals surface area (Å²) in [4.78, 5) is 37.6. The zero-order valence-electron chi connectivity index (χ0n) is 18.7. The van der Waals surface area contributed by atoms with Crippen molar-refractivity contribution in [3.8, 4) is 11.5 Å². The molecule has 13 heteroatoms. The minimum Gasteiger partial charge on any atom is -0.358 e. The van der Waals surface area contributed by atoms with Crippen LogP contribution in [0.5, 0.6) is 0 Å². The zero-order valence-corrected chi connectivity index (χ0v) is 18.7. The predicted octanol–water partition coefficient (Wildman–Crippen LogP) is 1.87. The van der Waals surface area contributed by atoms with E-state index in [2.05, 4.69) is 50.7 Å². The summed E-state index contributed by atoms with van der Waals surface area (Å²) in [6.07, 6.45) is 2.98. The Balaban J connectivity index is 1.37. The molecule has 0 fully saturated rings. The van der Waals surface area contributed by atoms with E-state index in [1.165, 1.54) is 11.0 Å². The highest BCUT2D eigenvalue weighted by Crippen LogP contribution is 2.24. The van der Waals surface area contributed by atoms with Gasteiger partial charge in [0.2, 0.25) is 0 Å². The van der Waals surface area contributed by atoms with Crippen molar-refractivity contribution in [2.24, 2.45) is 7.05 Å². The molecule has 33 heavy (non-hydrogen) atoms. The van der Waals surface area contributed by atoms with Crippen LogP contribution in [0.2, 0.25) is 0 Å². The first-order valence-electron chi connectivity index (χ1n) is 10.2. The number of aromatic amines is 1. The van der Waals surface area contributed by atoms with Crippen LogP contribution in [0.4, 0.5) is 0 Å². The number of aryl methyl sites for hydroxylation is 1. The zero-order chi connectivity index (χ0) is 23.3. The van der Waals surface area contributed by atoms with E-state index in [0.29, 0.717) is 45.4 Å². The second kappa shape index (κ2) is 7.39. The number of amides is 1. The summed E-state index contributed by atoms with van der Waals surface area (Å²) in [5, 5.41) is 14.8. The van der Waals surface area contributed by atoms with Crippen LogP contribution in [-0.2, 0) is 12.5 Å². The number of nitrogens with zero attached hydrogens (tertiary/aromatic N) is 9. The molecule has 5 heterocycles. The fourth-order valence-electron chi connectivity index (χ4n) is 3.25. The molecule has 0 spiro atoms. The lowest BCUT2D eigenvalue weighted by Gasteiger charge is -2.15. The average molecular weight is 447 g/mol. The molecule has 168 valence electrons. The van der Waals surface area contributed by atoms with Crippen LogP contribution in [0, 0.1) is 0 Å². The Bertz CT molecular complexity index is 1490. The third-order valence-electron chi connectivity index (χ3n) is 5.06. The summed E-state index contributed by atoms with van der Waals surface area (Å²) >= 11 is 0. The largest absolute Gasteiger partial charge is 0.358 e. The Kier molecular flexibility index (Phi) is 4.62. The number of hydrogen-bond donors (Lipinski definition) is 2. The second-order valence-electron chi connectivity index (χ2n) is 8.68. The number of carbonyl (C=O) groups excluding carboxylic acids is 1. The molecule has 0 aromatic carbocycles. The van der Waals surface area contributed by atoms with Crippen molar-refractivity contribution in [1.82, 2.24) is 55.4 Å². The Morgan fingerprint density at radius 2 is 2.03 bits per heavy atom. The molecule has 2 N–H and O–H groups in total. The molecule has 0 unspecified atom stereocenters. The van der Waals surface area contributed by atoms with Crippen molar-refractivity contribution in [3.63, 3.8) is 0 Å². The number of aromatic nitrogens is 10. The Hall–Kier alpha value is -4.29. The smallest absolute Gasteiger partial charge is 0.273 e. The van der Waals surface area contributed by atoms with Gasteiger partial charge in [0.05, 0.1) is 12.2 Å². The maximum absolute atomic E-state index is 12.8. The van der Waals surface area contributed by atoms with Crippen LogP contribution in [0.3, 0.4) is 0 Å². The first-order chi connectivity index (χ1) is 15.7. The van der Waals surface area contributed by atoms with Gasteiger partial charge in [-0.3, -0.25) is 4.79 Å². The molecule has 0 saturated carbocycles. The first-order valence-corrected chi connectivity index (χ1v) is 10.2. The molecule has 0 aliphatic rings. The summed E-state index contributed by atoms with van der Waals surface area (Å²) in [6.45, 7) is 7.91. The molecule has 0 radical (unpaired) electrons. The fourth-order valence-corrected chi connectivity index (χ4v) is 3.25. The van der Waals surface area contributed by atoms with Gasteiger partial charge in [-0.25, -0.2) is 29.6 Å². The van der Waals surface area contributed by atoms with Crippen LogP contribution >= 0.6 is 0 Å². The minimum absolute atomic E-state index is 0.130. The maximum Gasteiger partial charge on any atom is 0.273 e. The van der Waals surface area contributed by atoms with E-state index in [0.717, 1.165) is 0 Å². The lowest BCUT2D eigenvalue weighted by atomic mass is 9.96.